The van der Waals surface area contributed by atoms with E-state index in [-0.39, 0.29) is 17.7 Å². The molecule has 0 N–H and O–H groups in total. The number of benzene rings is 1. The summed E-state index contributed by atoms with van der Waals surface area (Å²) in [6.45, 7) is 2.68. The lowest BCUT2D eigenvalue weighted by Gasteiger charge is -2.33. The molecule has 3 nitrogen and oxygen atoms in total. The van der Waals surface area contributed by atoms with Gasteiger partial charge in [0, 0.05) is 18.2 Å². The first-order valence-corrected chi connectivity index (χ1v) is 6.53. The maximum atomic E-state index is 12.3. The molecule has 0 saturated carbocycles. The number of rotatable bonds is 2. The Morgan fingerprint density at radius 1 is 1.25 bits per heavy atom. The molecule has 0 aliphatic carbocycles. The molecule has 1 aliphatic heterocycles. The SMILES string of the molecule is CC1CCCCN1C(=O)c1ccc(OC(F)(F)F)cc1. The van der Waals surface area contributed by atoms with Crippen LogP contribution in [0.3, 0.4) is 0 Å². The molecule has 1 fully saturated rings. The Balaban J connectivity index is 2.07. The highest BCUT2D eigenvalue weighted by Crippen LogP contribution is 2.24. The Morgan fingerprint density at radius 3 is 2.45 bits per heavy atom. The largest absolute Gasteiger partial charge is 0.573 e. The Morgan fingerprint density at radius 2 is 1.90 bits per heavy atom. The zero-order valence-corrected chi connectivity index (χ0v) is 11.1. The predicted octanol–water partition coefficient (Wildman–Crippen LogP) is 3.60. The van der Waals surface area contributed by atoms with Gasteiger partial charge in [-0.1, -0.05) is 0 Å². The van der Waals surface area contributed by atoms with Crippen LogP contribution in [0.15, 0.2) is 24.3 Å². The van der Waals surface area contributed by atoms with E-state index in [1.54, 1.807) is 4.90 Å². The molecule has 0 bridgehead atoms. The van der Waals surface area contributed by atoms with Crippen LogP contribution in [0.5, 0.6) is 5.75 Å². The fraction of sp³-hybridized carbons (Fsp3) is 0.500. The molecule has 0 aromatic heterocycles. The van der Waals surface area contributed by atoms with Crippen LogP contribution in [-0.4, -0.2) is 29.8 Å². The Labute approximate surface area is 115 Å². The Bertz CT molecular complexity index is 470. The molecular weight excluding hydrogens is 271 g/mol. The minimum Gasteiger partial charge on any atom is -0.406 e. The number of alkyl halides is 3. The molecule has 1 aliphatic rings. The number of likely N-dealkylation sites (tertiary alicyclic amines) is 1. The lowest BCUT2D eigenvalue weighted by atomic mass is 10.0. The predicted molar refractivity (Wildman–Crippen MR) is 67.5 cm³/mol. The molecule has 1 saturated heterocycles. The van der Waals surface area contributed by atoms with Crippen molar-refractivity contribution in [2.24, 2.45) is 0 Å². The van der Waals surface area contributed by atoms with E-state index < -0.39 is 6.36 Å². The van der Waals surface area contributed by atoms with Gasteiger partial charge in [-0.25, -0.2) is 0 Å². The average Bonchev–Trinajstić information content (AvgIpc) is 2.37. The van der Waals surface area contributed by atoms with Crippen molar-refractivity contribution in [1.29, 1.82) is 0 Å². The lowest BCUT2D eigenvalue weighted by Crippen LogP contribution is -2.42. The van der Waals surface area contributed by atoms with Crippen LogP contribution < -0.4 is 4.74 Å². The molecule has 1 amide bonds. The molecular formula is C14H16F3NO2. The van der Waals surface area contributed by atoms with Crippen molar-refractivity contribution in [2.75, 3.05) is 6.54 Å². The highest BCUT2D eigenvalue weighted by molar-refractivity contribution is 5.94. The third-order valence-corrected chi connectivity index (χ3v) is 3.40. The van der Waals surface area contributed by atoms with Crippen molar-refractivity contribution < 1.29 is 22.7 Å². The minimum atomic E-state index is -4.72. The summed E-state index contributed by atoms with van der Waals surface area (Å²) in [6, 6.07) is 5.22. The number of carbonyl (C=O) groups is 1. The summed E-state index contributed by atoms with van der Waals surface area (Å²) in [7, 11) is 0. The number of piperidine rings is 1. The molecule has 20 heavy (non-hydrogen) atoms. The Hall–Kier alpha value is -1.72. The molecule has 6 heteroatoms. The number of amides is 1. The molecule has 1 aromatic rings. The number of halogens is 3. The van der Waals surface area contributed by atoms with Crippen LogP contribution in [0.25, 0.3) is 0 Å². The van der Waals surface area contributed by atoms with Crippen LogP contribution in [0.2, 0.25) is 0 Å². The van der Waals surface area contributed by atoms with E-state index in [0.717, 1.165) is 31.4 Å². The van der Waals surface area contributed by atoms with Gasteiger partial charge in [0.2, 0.25) is 0 Å². The minimum absolute atomic E-state index is 0.143. The van der Waals surface area contributed by atoms with Crippen molar-refractivity contribution in [2.45, 2.75) is 38.6 Å². The van der Waals surface area contributed by atoms with E-state index in [1.807, 2.05) is 6.92 Å². The molecule has 1 atom stereocenters. The summed E-state index contributed by atoms with van der Waals surface area (Å²) in [4.78, 5) is 14.0. The highest BCUT2D eigenvalue weighted by Gasteiger charge is 2.31. The zero-order chi connectivity index (χ0) is 14.8. The highest BCUT2D eigenvalue weighted by atomic mass is 19.4. The van der Waals surface area contributed by atoms with Gasteiger partial charge in [0.15, 0.2) is 0 Å². The third-order valence-electron chi connectivity index (χ3n) is 3.40. The van der Waals surface area contributed by atoms with Gasteiger partial charge in [-0.3, -0.25) is 4.79 Å². The molecule has 0 spiro atoms. The molecule has 2 rings (SSSR count). The average molecular weight is 287 g/mol. The van der Waals surface area contributed by atoms with Crippen molar-refractivity contribution in [3.8, 4) is 5.75 Å². The maximum absolute atomic E-state index is 12.3. The van der Waals surface area contributed by atoms with Crippen molar-refractivity contribution in [1.82, 2.24) is 4.90 Å². The van der Waals surface area contributed by atoms with Gasteiger partial charge in [-0.2, -0.15) is 0 Å². The van der Waals surface area contributed by atoms with Gasteiger partial charge >= 0.3 is 6.36 Å². The normalized spacial score (nSPS) is 19.8. The standard InChI is InChI=1S/C14H16F3NO2/c1-10-4-2-3-9-18(10)13(19)11-5-7-12(8-6-11)20-14(15,16)17/h5-8,10H,2-4,9H2,1H3. The fourth-order valence-corrected chi connectivity index (χ4v) is 2.36. The van der Waals surface area contributed by atoms with Crippen molar-refractivity contribution in [3.63, 3.8) is 0 Å². The molecule has 0 radical (unpaired) electrons. The van der Waals surface area contributed by atoms with E-state index in [0.29, 0.717) is 12.1 Å². The summed E-state index contributed by atoms with van der Waals surface area (Å²) >= 11 is 0. The maximum Gasteiger partial charge on any atom is 0.573 e. The van der Waals surface area contributed by atoms with Crippen LogP contribution >= 0.6 is 0 Å². The van der Waals surface area contributed by atoms with Gasteiger partial charge in [-0.05, 0) is 50.5 Å². The fourth-order valence-electron chi connectivity index (χ4n) is 2.36. The summed E-state index contributed by atoms with van der Waals surface area (Å²) < 4.78 is 39.9. The zero-order valence-electron chi connectivity index (χ0n) is 11.1. The summed E-state index contributed by atoms with van der Waals surface area (Å²) in [5, 5.41) is 0. The first kappa shape index (κ1) is 14.7. The van der Waals surface area contributed by atoms with Gasteiger partial charge in [0.1, 0.15) is 5.75 Å². The number of hydrogen-bond donors (Lipinski definition) is 0. The van der Waals surface area contributed by atoms with Crippen LogP contribution in [-0.2, 0) is 0 Å². The van der Waals surface area contributed by atoms with Crippen LogP contribution in [0.1, 0.15) is 36.5 Å². The monoisotopic (exact) mass is 287 g/mol. The van der Waals surface area contributed by atoms with E-state index in [4.69, 9.17) is 0 Å². The van der Waals surface area contributed by atoms with E-state index in [1.165, 1.54) is 12.1 Å². The Kier molecular flexibility index (Phi) is 4.20. The molecule has 1 unspecified atom stereocenters. The molecule has 1 aromatic carbocycles. The summed E-state index contributed by atoms with van der Waals surface area (Å²) in [6.07, 6.45) is -1.69. The lowest BCUT2D eigenvalue weighted by molar-refractivity contribution is -0.274. The third kappa shape index (κ3) is 3.65. The van der Waals surface area contributed by atoms with Gasteiger partial charge in [-0.15, -0.1) is 13.2 Å². The van der Waals surface area contributed by atoms with E-state index in [9.17, 15) is 18.0 Å². The van der Waals surface area contributed by atoms with E-state index >= 15 is 0 Å². The van der Waals surface area contributed by atoms with Crippen LogP contribution in [0.4, 0.5) is 13.2 Å². The number of nitrogens with zero attached hydrogens (tertiary/aromatic N) is 1. The molecule has 1 heterocycles. The smallest absolute Gasteiger partial charge is 0.406 e. The van der Waals surface area contributed by atoms with E-state index in [2.05, 4.69) is 4.74 Å². The van der Waals surface area contributed by atoms with Crippen molar-refractivity contribution in [3.05, 3.63) is 29.8 Å². The second kappa shape index (κ2) is 5.73. The summed E-state index contributed by atoms with van der Waals surface area (Å²) in [5.41, 5.74) is 0.383. The quantitative estimate of drug-likeness (QED) is 0.831. The number of ether oxygens (including phenoxy) is 1. The first-order chi connectivity index (χ1) is 9.37. The molecule has 110 valence electrons. The topological polar surface area (TPSA) is 29.5 Å². The summed E-state index contributed by atoms with van der Waals surface area (Å²) in [5.74, 6) is -0.462. The van der Waals surface area contributed by atoms with Gasteiger partial charge < -0.3 is 9.64 Å². The second-order valence-electron chi connectivity index (χ2n) is 4.92. The van der Waals surface area contributed by atoms with Gasteiger partial charge in [0.05, 0.1) is 0 Å². The van der Waals surface area contributed by atoms with Gasteiger partial charge in [0.25, 0.3) is 5.91 Å². The number of hydrogen-bond acceptors (Lipinski definition) is 2. The number of carbonyl (C=O) groups excluding carboxylic acids is 1. The second-order valence-corrected chi connectivity index (χ2v) is 4.92. The van der Waals surface area contributed by atoms with Crippen molar-refractivity contribution >= 4 is 5.91 Å². The first-order valence-electron chi connectivity index (χ1n) is 6.53. The van der Waals surface area contributed by atoms with Crippen LogP contribution in [0, 0.1) is 0 Å².